The Morgan fingerprint density at radius 3 is 1.16 bits per heavy atom. The number of unbranched alkanes of at least 4 members (excludes halogenated alkanes) is 28. The molecule has 0 saturated heterocycles. The van der Waals surface area contributed by atoms with E-state index in [9.17, 15) is 22.6 Å². The first-order chi connectivity index (χ1) is 27.3. The van der Waals surface area contributed by atoms with Gasteiger partial charge in [0.15, 0.2) is 0 Å². The van der Waals surface area contributed by atoms with E-state index in [1.165, 1.54) is 179 Å². The van der Waals surface area contributed by atoms with Crippen molar-refractivity contribution in [2.75, 3.05) is 13.2 Å². The Balaban J connectivity index is 0.0000314. The number of allylic oxidation sites excluding steroid dienone is 4. The fourth-order valence-electron chi connectivity index (χ4n) is 7.03. The molecule has 9 heteroatoms. The molecule has 0 spiro atoms. The van der Waals surface area contributed by atoms with Crippen LogP contribution in [0.5, 0.6) is 0 Å². The Morgan fingerprint density at radius 1 is 0.491 bits per heavy atom. The van der Waals surface area contributed by atoms with Crippen LogP contribution in [0.1, 0.15) is 240 Å². The third-order valence-corrected chi connectivity index (χ3v) is 11.4. The van der Waals surface area contributed by atoms with E-state index in [0.29, 0.717) is 19.3 Å². The monoisotopic (exact) mass is 825 g/mol. The molecular formula is C48H81NaO7S. The number of rotatable bonds is 39. The second kappa shape index (κ2) is 40.0. The summed E-state index contributed by atoms with van der Waals surface area (Å²) in [6, 6.07) is 3.58. The van der Waals surface area contributed by atoms with Crippen LogP contribution in [0.3, 0.4) is 0 Å². The fourth-order valence-corrected chi connectivity index (χ4v) is 7.72. The van der Waals surface area contributed by atoms with E-state index in [1.54, 1.807) is 0 Å². The van der Waals surface area contributed by atoms with Gasteiger partial charge in [0.25, 0.3) is 0 Å². The third-order valence-electron chi connectivity index (χ3n) is 10.5. The van der Waals surface area contributed by atoms with Gasteiger partial charge in [-0.15, -0.1) is 0 Å². The zero-order valence-electron chi connectivity index (χ0n) is 36.8. The molecule has 7 nitrogen and oxygen atoms in total. The summed E-state index contributed by atoms with van der Waals surface area (Å²) in [7, 11) is -5.03. The largest absolute Gasteiger partial charge is 1.00 e. The van der Waals surface area contributed by atoms with Gasteiger partial charge >= 0.3 is 41.5 Å². The molecule has 1 aromatic carbocycles. The average Bonchev–Trinajstić information content (AvgIpc) is 3.18. The van der Waals surface area contributed by atoms with E-state index >= 15 is 0 Å². The maximum Gasteiger partial charge on any atom is 1.00 e. The second-order valence-electron chi connectivity index (χ2n) is 15.7. The Morgan fingerprint density at radius 2 is 0.807 bits per heavy atom. The molecular weight excluding hydrogens is 744 g/mol. The van der Waals surface area contributed by atoms with Gasteiger partial charge in [-0.25, -0.2) is 18.0 Å². The maximum atomic E-state index is 13.0. The molecule has 0 saturated carbocycles. The summed E-state index contributed by atoms with van der Waals surface area (Å²) >= 11 is 0. The molecule has 0 amide bonds. The minimum absolute atomic E-state index is 0. The van der Waals surface area contributed by atoms with Crippen LogP contribution >= 0.6 is 0 Å². The van der Waals surface area contributed by atoms with E-state index in [2.05, 4.69) is 38.2 Å². The van der Waals surface area contributed by atoms with Crippen molar-refractivity contribution >= 4 is 22.1 Å². The number of carbonyl (C=O) groups excluding carboxylic acids is 2. The first-order valence-corrected chi connectivity index (χ1v) is 24.5. The van der Waals surface area contributed by atoms with Crippen LogP contribution in [0, 0.1) is 0 Å². The first kappa shape index (κ1) is 55.5. The first-order valence-electron chi connectivity index (χ1n) is 23.1. The molecule has 57 heavy (non-hydrogen) atoms. The zero-order chi connectivity index (χ0) is 40.8. The summed E-state index contributed by atoms with van der Waals surface area (Å²) < 4.78 is 46.7. The minimum Gasteiger partial charge on any atom is -0.744 e. The molecule has 0 aliphatic carbocycles. The van der Waals surface area contributed by atoms with Crippen LogP contribution in [0.15, 0.2) is 47.4 Å². The third kappa shape index (κ3) is 32.1. The number of carbonyl (C=O) groups is 2. The van der Waals surface area contributed by atoms with Crippen molar-refractivity contribution in [2.45, 2.75) is 224 Å². The van der Waals surface area contributed by atoms with Crippen molar-refractivity contribution in [2.24, 2.45) is 0 Å². The fraction of sp³-hybridized carbons (Fsp3) is 0.750. The van der Waals surface area contributed by atoms with Gasteiger partial charge in [0, 0.05) is 0 Å². The molecule has 0 aliphatic rings. The van der Waals surface area contributed by atoms with Gasteiger partial charge in [0.2, 0.25) is 0 Å². The molecule has 1 aromatic rings. The van der Waals surface area contributed by atoms with Gasteiger partial charge in [-0.2, -0.15) is 0 Å². The zero-order valence-corrected chi connectivity index (χ0v) is 39.7. The topological polar surface area (TPSA) is 110 Å². The number of ether oxygens (including phenoxy) is 2. The Hall–Kier alpha value is -1.45. The maximum absolute atomic E-state index is 13.0. The summed E-state index contributed by atoms with van der Waals surface area (Å²) in [5.41, 5.74) is -0.828. The molecule has 0 radical (unpaired) electrons. The van der Waals surface area contributed by atoms with Gasteiger partial charge in [-0.3, -0.25) is 0 Å². The van der Waals surface area contributed by atoms with Gasteiger partial charge in [0.05, 0.1) is 29.2 Å². The van der Waals surface area contributed by atoms with Crippen LogP contribution in [0.2, 0.25) is 0 Å². The SMILES string of the molecule is CCCCCCCCCCCCCCC/C=C/CCCOC(=O)c1cccc(S(=O)(=O)[O-])c1C(=O)OCCC/C=C/CCCCCCCCCCCCCCC.[Na+]. The summed E-state index contributed by atoms with van der Waals surface area (Å²) in [5, 5.41) is 0. The van der Waals surface area contributed by atoms with Crippen LogP contribution < -0.4 is 29.6 Å². The van der Waals surface area contributed by atoms with Crippen molar-refractivity contribution in [1.82, 2.24) is 0 Å². The molecule has 0 unspecified atom stereocenters. The van der Waals surface area contributed by atoms with Gasteiger partial charge in [0.1, 0.15) is 10.1 Å². The van der Waals surface area contributed by atoms with Crippen molar-refractivity contribution in [3.8, 4) is 0 Å². The van der Waals surface area contributed by atoms with Crippen molar-refractivity contribution in [1.29, 1.82) is 0 Å². The van der Waals surface area contributed by atoms with Crippen LogP contribution in [0.25, 0.3) is 0 Å². The predicted octanol–water partition coefficient (Wildman–Crippen LogP) is 11.5. The predicted molar refractivity (Wildman–Crippen MR) is 232 cm³/mol. The number of hydrogen-bond acceptors (Lipinski definition) is 7. The van der Waals surface area contributed by atoms with Gasteiger partial charge in [-0.05, 0) is 63.5 Å². The second-order valence-corrected chi connectivity index (χ2v) is 17.0. The molecule has 0 aliphatic heterocycles. The molecule has 1 rings (SSSR count). The van der Waals surface area contributed by atoms with E-state index in [4.69, 9.17) is 9.47 Å². The molecule has 0 heterocycles. The van der Waals surface area contributed by atoms with Gasteiger partial charge in [-0.1, -0.05) is 198 Å². The minimum atomic E-state index is -5.03. The Kier molecular flexibility index (Phi) is 39.0. The summed E-state index contributed by atoms with van der Waals surface area (Å²) in [6.45, 7) is 4.67. The Bertz CT molecular complexity index is 1280. The molecule has 322 valence electrons. The van der Waals surface area contributed by atoms with E-state index in [-0.39, 0.29) is 48.3 Å². The summed E-state index contributed by atoms with van der Waals surface area (Å²) in [5.74, 6) is -1.87. The van der Waals surface area contributed by atoms with Crippen molar-refractivity contribution in [3.05, 3.63) is 53.6 Å². The number of hydrogen-bond donors (Lipinski definition) is 0. The van der Waals surface area contributed by atoms with Crippen LogP contribution in [0.4, 0.5) is 0 Å². The number of benzene rings is 1. The van der Waals surface area contributed by atoms with Crippen LogP contribution in [-0.4, -0.2) is 38.1 Å². The molecule has 0 atom stereocenters. The summed E-state index contributed by atoms with van der Waals surface area (Å²) in [4.78, 5) is 25.2. The van der Waals surface area contributed by atoms with Gasteiger partial charge < -0.3 is 14.0 Å². The van der Waals surface area contributed by atoms with E-state index in [0.717, 1.165) is 25.3 Å². The van der Waals surface area contributed by atoms with Crippen LogP contribution in [-0.2, 0) is 19.6 Å². The van der Waals surface area contributed by atoms with E-state index in [1.807, 2.05) is 0 Å². The molecule has 0 aromatic heterocycles. The summed E-state index contributed by atoms with van der Waals surface area (Å²) in [6.07, 6.45) is 47.9. The molecule has 0 bridgehead atoms. The smallest absolute Gasteiger partial charge is 0.744 e. The standard InChI is InChI=1S/C48H82O7S.Na/c1-3-5-7-9-11-13-15-17-19-21-23-25-27-29-31-33-35-37-42-54-47(49)44-40-39-41-45(56(51,52)53)46(44)48(50)55-43-38-36-34-32-30-28-26-24-22-20-18-16-14-12-10-8-6-4-2;/h31-34,39-41H,3-30,35-38,42-43H2,1-2H3,(H,51,52,53);/q;+1/p-1/b33-31+,34-32+;. The van der Waals surface area contributed by atoms with Crippen molar-refractivity contribution in [3.63, 3.8) is 0 Å². The number of esters is 2. The van der Waals surface area contributed by atoms with Crippen molar-refractivity contribution < 1.29 is 61.6 Å². The Labute approximate surface area is 372 Å². The quantitative estimate of drug-likeness (QED) is 0.0214. The molecule has 0 fully saturated rings. The van der Waals surface area contributed by atoms with E-state index < -0.39 is 32.5 Å². The molecule has 0 N–H and O–H groups in total. The normalized spacial score (nSPS) is 11.7. The average molecular weight is 825 g/mol.